The predicted octanol–water partition coefficient (Wildman–Crippen LogP) is 1.83. The molecule has 0 aliphatic rings. The summed E-state index contributed by atoms with van der Waals surface area (Å²) in [5.41, 5.74) is 0.382. The molecule has 9 heteroatoms. The normalized spacial score (nSPS) is 10.3. The van der Waals surface area contributed by atoms with Crippen LogP contribution in [0.2, 0.25) is 0 Å². The first-order valence-corrected chi connectivity index (χ1v) is 9.08. The second-order valence-corrected chi connectivity index (χ2v) is 6.78. The molecule has 150 valence electrons. The second-order valence-electron chi connectivity index (χ2n) is 5.86. The van der Waals surface area contributed by atoms with Crippen LogP contribution in [0.4, 0.5) is 0 Å². The zero-order chi connectivity index (χ0) is 20.7. The van der Waals surface area contributed by atoms with Crippen LogP contribution >= 0.6 is 15.9 Å². The van der Waals surface area contributed by atoms with Crippen molar-refractivity contribution < 1.29 is 23.8 Å². The molecule has 0 radical (unpaired) electrons. The highest BCUT2D eigenvalue weighted by molar-refractivity contribution is 9.10. The molecule has 0 spiro atoms. The molecular weight excluding hydrogens is 432 g/mol. The van der Waals surface area contributed by atoms with Crippen molar-refractivity contribution >= 4 is 27.8 Å². The maximum absolute atomic E-state index is 12.8. The number of benzene rings is 1. The van der Waals surface area contributed by atoms with E-state index in [0.717, 1.165) is 0 Å². The van der Waals surface area contributed by atoms with Gasteiger partial charge in [-0.2, -0.15) is 0 Å². The molecule has 0 bridgehead atoms. The highest BCUT2D eigenvalue weighted by Gasteiger charge is 2.20. The van der Waals surface area contributed by atoms with Crippen LogP contribution in [-0.2, 0) is 27.4 Å². The van der Waals surface area contributed by atoms with Crippen LogP contribution in [0.3, 0.4) is 0 Å². The van der Waals surface area contributed by atoms with Gasteiger partial charge in [0.2, 0.25) is 5.91 Å². The Morgan fingerprint density at radius 3 is 2.29 bits per heavy atom. The average Bonchev–Trinajstić information content (AvgIpc) is 2.69. The van der Waals surface area contributed by atoms with Crippen LogP contribution in [0.25, 0.3) is 0 Å². The number of aromatic nitrogens is 1. The molecule has 1 amide bonds. The van der Waals surface area contributed by atoms with Gasteiger partial charge in [0.1, 0.15) is 24.6 Å². The lowest BCUT2D eigenvalue weighted by molar-refractivity contribution is -0.147. The lowest BCUT2D eigenvalue weighted by atomic mass is 10.2. The fourth-order valence-electron chi connectivity index (χ4n) is 2.50. The highest BCUT2D eigenvalue weighted by atomic mass is 79.9. The Bertz CT molecular complexity index is 889. The van der Waals surface area contributed by atoms with Gasteiger partial charge in [0, 0.05) is 29.3 Å². The zero-order valence-corrected chi connectivity index (χ0v) is 17.4. The molecule has 1 aromatic heterocycles. The predicted molar refractivity (Wildman–Crippen MR) is 105 cm³/mol. The fourth-order valence-corrected chi connectivity index (χ4v) is 2.88. The Labute approximate surface area is 170 Å². The van der Waals surface area contributed by atoms with Crippen molar-refractivity contribution in [3.05, 3.63) is 56.9 Å². The number of carbonyl (C=O) groups is 2. The van der Waals surface area contributed by atoms with Crippen molar-refractivity contribution in [3.8, 4) is 11.5 Å². The molecule has 0 aliphatic heterocycles. The number of ether oxygens (including phenoxy) is 3. The summed E-state index contributed by atoms with van der Waals surface area (Å²) >= 11 is 3.27. The van der Waals surface area contributed by atoms with Gasteiger partial charge in [0.05, 0.1) is 21.3 Å². The fraction of sp³-hybridized carbons (Fsp3) is 0.316. The quantitative estimate of drug-likeness (QED) is 0.567. The summed E-state index contributed by atoms with van der Waals surface area (Å²) in [6.45, 7) is -0.349. The molecule has 1 heterocycles. The van der Waals surface area contributed by atoms with Gasteiger partial charge in [0.25, 0.3) is 5.56 Å². The minimum Gasteiger partial charge on any atom is -0.497 e. The molecular formula is C19H21BrN2O6. The molecule has 0 atom stereocenters. The number of rotatable bonds is 8. The monoisotopic (exact) mass is 452 g/mol. The number of nitrogens with zero attached hydrogens (tertiary/aromatic N) is 2. The largest absolute Gasteiger partial charge is 0.497 e. The molecule has 0 saturated carbocycles. The van der Waals surface area contributed by atoms with E-state index >= 15 is 0 Å². The van der Waals surface area contributed by atoms with Crippen molar-refractivity contribution in [3.63, 3.8) is 0 Å². The Morgan fingerprint density at radius 1 is 1.07 bits per heavy atom. The molecule has 0 fully saturated rings. The summed E-state index contributed by atoms with van der Waals surface area (Å²) in [6.07, 6.45) is 1.52. The van der Waals surface area contributed by atoms with Gasteiger partial charge in [-0.1, -0.05) is 0 Å². The molecule has 2 aromatic rings. The summed E-state index contributed by atoms with van der Waals surface area (Å²) in [6, 6.07) is 8.14. The van der Waals surface area contributed by atoms with Crippen LogP contribution in [0, 0.1) is 0 Å². The third kappa shape index (κ3) is 5.85. The van der Waals surface area contributed by atoms with E-state index in [0.29, 0.717) is 21.5 Å². The van der Waals surface area contributed by atoms with Crippen molar-refractivity contribution in [1.82, 2.24) is 9.47 Å². The van der Waals surface area contributed by atoms with Gasteiger partial charge in [-0.3, -0.25) is 14.4 Å². The molecule has 2 rings (SSSR count). The van der Waals surface area contributed by atoms with Crippen LogP contribution in [0.5, 0.6) is 11.5 Å². The third-order valence-electron chi connectivity index (χ3n) is 3.94. The first kappa shape index (κ1) is 21.5. The van der Waals surface area contributed by atoms with Gasteiger partial charge in [-0.15, -0.1) is 0 Å². The standard InChI is InChI=1S/C19H21BrN2O6/c1-26-15-6-13(7-16(8-15)27-2)9-21(12-19(25)28-3)18(24)11-22-10-14(20)4-5-17(22)23/h4-8,10H,9,11-12H2,1-3H3. The van der Waals surface area contributed by atoms with Crippen LogP contribution in [-0.4, -0.2) is 49.2 Å². The van der Waals surface area contributed by atoms with Gasteiger partial charge < -0.3 is 23.7 Å². The maximum Gasteiger partial charge on any atom is 0.325 e. The second kappa shape index (κ2) is 9.93. The van der Waals surface area contributed by atoms with Gasteiger partial charge >= 0.3 is 5.97 Å². The van der Waals surface area contributed by atoms with E-state index < -0.39 is 11.9 Å². The Morgan fingerprint density at radius 2 is 1.71 bits per heavy atom. The van der Waals surface area contributed by atoms with Crippen LogP contribution in [0.1, 0.15) is 5.56 Å². The lowest BCUT2D eigenvalue weighted by Crippen LogP contribution is -2.39. The first-order chi connectivity index (χ1) is 13.4. The van der Waals surface area contributed by atoms with Crippen LogP contribution in [0.15, 0.2) is 45.8 Å². The average molecular weight is 453 g/mol. The van der Waals surface area contributed by atoms with Gasteiger partial charge in [0.15, 0.2) is 0 Å². The Balaban J connectivity index is 2.28. The van der Waals surface area contributed by atoms with Gasteiger partial charge in [-0.05, 0) is 39.7 Å². The third-order valence-corrected chi connectivity index (χ3v) is 4.41. The lowest BCUT2D eigenvalue weighted by Gasteiger charge is -2.22. The number of carbonyl (C=O) groups excluding carboxylic acids is 2. The van der Waals surface area contributed by atoms with E-state index in [9.17, 15) is 14.4 Å². The molecule has 1 aromatic carbocycles. The number of hydrogen-bond donors (Lipinski definition) is 0. The smallest absolute Gasteiger partial charge is 0.325 e. The van der Waals surface area contributed by atoms with Crippen LogP contribution < -0.4 is 15.0 Å². The van der Waals surface area contributed by atoms with E-state index in [1.54, 1.807) is 24.3 Å². The van der Waals surface area contributed by atoms with E-state index in [2.05, 4.69) is 15.9 Å². The molecule has 0 aliphatic carbocycles. The first-order valence-electron chi connectivity index (χ1n) is 8.28. The number of halogens is 1. The summed E-state index contributed by atoms with van der Waals surface area (Å²) < 4.78 is 17.1. The van der Waals surface area contributed by atoms with E-state index in [1.807, 2.05) is 0 Å². The maximum atomic E-state index is 12.8. The Kier molecular flexibility index (Phi) is 7.62. The summed E-state index contributed by atoms with van der Waals surface area (Å²) in [4.78, 5) is 37.9. The number of pyridine rings is 1. The summed E-state index contributed by atoms with van der Waals surface area (Å²) in [5, 5.41) is 0. The van der Waals surface area contributed by atoms with Crippen molar-refractivity contribution in [2.45, 2.75) is 13.1 Å². The van der Waals surface area contributed by atoms with Gasteiger partial charge in [-0.25, -0.2) is 0 Å². The molecule has 0 saturated heterocycles. The minimum atomic E-state index is -0.565. The van der Waals surface area contributed by atoms with E-state index in [1.165, 1.54) is 43.1 Å². The molecule has 0 unspecified atom stereocenters. The topological polar surface area (TPSA) is 87.1 Å². The van der Waals surface area contributed by atoms with Crippen molar-refractivity contribution in [2.24, 2.45) is 0 Å². The highest BCUT2D eigenvalue weighted by Crippen LogP contribution is 2.23. The van der Waals surface area contributed by atoms with Crippen molar-refractivity contribution in [2.75, 3.05) is 27.9 Å². The SMILES string of the molecule is COC(=O)CN(Cc1cc(OC)cc(OC)c1)C(=O)Cn1cc(Br)ccc1=O. The van der Waals surface area contributed by atoms with E-state index in [4.69, 9.17) is 14.2 Å². The zero-order valence-electron chi connectivity index (χ0n) is 15.8. The molecule has 0 N–H and O–H groups in total. The molecule has 28 heavy (non-hydrogen) atoms. The number of methoxy groups -OCH3 is 3. The summed E-state index contributed by atoms with van der Waals surface area (Å²) in [5.74, 6) is 0.142. The summed E-state index contributed by atoms with van der Waals surface area (Å²) in [7, 11) is 4.30. The Hall–Kier alpha value is -2.81. The van der Waals surface area contributed by atoms with E-state index in [-0.39, 0.29) is 25.2 Å². The number of amides is 1. The van der Waals surface area contributed by atoms with Crippen molar-refractivity contribution in [1.29, 1.82) is 0 Å². The number of hydrogen-bond acceptors (Lipinski definition) is 6. The number of esters is 1. The minimum absolute atomic E-state index is 0.115. The molecule has 8 nitrogen and oxygen atoms in total.